The van der Waals surface area contributed by atoms with Crippen molar-refractivity contribution in [1.29, 1.82) is 0 Å². The van der Waals surface area contributed by atoms with Gasteiger partial charge in [-0.25, -0.2) is 0 Å². The van der Waals surface area contributed by atoms with Crippen molar-refractivity contribution in [3.63, 3.8) is 0 Å². The lowest BCUT2D eigenvalue weighted by atomic mass is 9.69. The molecule has 1 aliphatic carbocycles. The van der Waals surface area contributed by atoms with Crippen LogP contribution in [0.1, 0.15) is 75.2 Å². The van der Waals surface area contributed by atoms with Gasteiger partial charge in [0.25, 0.3) is 0 Å². The summed E-state index contributed by atoms with van der Waals surface area (Å²) < 4.78 is 0. The van der Waals surface area contributed by atoms with Gasteiger partial charge in [-0.2, -0.15) is 0 Å². The number of aliphatic hydroxyl groups is 2. The zero-order valence-corrected chi connectivity index (χ0v) is 20.7. The number of carbonyl (C=O) groups is 2. The first-order valence-corrected chi connectivity index (χ1v) is 10.7. The van der Waals surface area contributed by atoms with Gasteiger partial charge in [-0.3, -0.25) is 9.59 Å². The van der Waals surface area contributed by atoms with E-state index in [1.807, 2.05) is 59.8 Å². The SMILES string of the molecule is C=CC=C(C)C.CC(C)=CCC1=C(O)[C@@](C)(CC=C(C)C)C(=O)C(C(=O)C(C)C)=C1O. The highest BCUT2D eigenvalue weighted by atomic mass is 16.3. The normalized spacial score (nSPS) is 18.2. The Bertz CT molecular complexity index is 848. The van der Waals surface area contributed by atoms with Crippen molar-refractivity contribution >= 4 is 11.6 Å². The number of aliphatic hydroxyl groups excluding tert-OH is 2. The number of hydrogen-bond acceptors (Lipinski definition) is 4. The summed E-state index contributed by atoms with van der Waals surface area (Å²) in [6, 6.07) is 0. The maximum Gasteiger partial charge on any atom is 0.183 e. The van der Waals surface area contributed by atoms with Gasteiger partial charge in [0, 0.05) is 11.5 Å². The van der Waals surface area contributed by atoms with Crippen LogP contribution in [0, 0.1) is 11.3 Å². The van der Waals surface area contributed by atoms with Crippen LogP contribution in [0.3, 0.4) is 0 Å². The molecule has 0 bridgehead atoms. The average Bonchev–Trinajstić information content (AvgIpc) is 2.65. The van der Waals surface area contributed by atoms with Gasteiger partial charge in [0.2, 0.25) is 0 Å². The summed E-state index contributed by atoms with van der Waals surface area (Å²) in [5.41, 5.74) is 2.17. The molecule has 1 aliphatic rings. The first kappa shape index (κ1) is 28.4. The van der Waals surface area contributed by atoms with Crippen LogP contribution >= 0.6 is 0 Å². The molecular formula is C27H40O4. The van der Waals surface area contributed by atoms with Crippen LogP contribution in [-0.4, -0.2) is 21.8 Å². The van der Waals surface area contributed by atoms with E-state index in [0.29, 0.717) is 0 Å². The minimum Gasteiger partial charge on any atom is -0.511 e. The zero-order chi connectivity index (χ0) is 24.5. The summed E-state index contributed by atoms with van der Waals surface area (Å²) >= 11 is 0. The van der Waals surface area contributed by atoms with Gasteiger partial charge in [-0.1, -0.05) is 61.4 Å². The molecule has 31 heavy (non-hydrogen) atoms. The third kappa shape index (κ3) is 7.86. The van der Waals surface area contributed by atoms with Crippen molar-refractivity contribution < 1.29 is 19.8 Å². The molecule has 0 heterocycles. The molecule has 0 unspecified atom stereocenters. The molecule has 172 valence electrons. The standard InChI is InChI=1S/C21H30O4.C6H10/c1-12(2)8-9-15-18(23)16(17(22)14(5)6)20(25)21(7,19(15)24)11-10-13(3)4;1-4-5-6(2)3/h8,10,14,23-24H,9,11H2,1-7H3;4-5H,1H2,2-3H3/t21-;/m1./s1. The molecule has 0 radical (unpaired) electrons. The highest BCUT2D eigenvalue weighted by Crippen LogP contribution is 2.43. The Balaban J connectivity index is 0.00000131. The molecule has 4 nitrogen and oxygen atoms in total. The lowest BCUT2D eigenvalue weighted by Crippen LogP contribution is -2.39. The lowest BCUT2D eigenvalue weighted by Gasteiger charge is -2.33. The Kier molecular flexibility index (Phi) is 11.2. The van der Waals surface area contributed by atoms with Gasteiger partial charge in [0.1, 0.15) is 17.1 Å². The molecule has 0 aromatic heterocycles. The van der Waals surface area contributed by atoms with Crippen molar-refractivity contribution in [2.45, 2.75) is 75.2 Å². The number of carbonyl (C=O) groups excluding carboxylic acids is 2. The Morgan fingerprint density at radius 1 is 1.00 bits per heavy atom. The molecule has 0 saturated heterocycles. The van der Waals surface area contributed by atoms with E-state index in [9.17, 15) is 19.8 Å². The van der Waals surface area contributed by atoms with E-state index in [-0.39, 0.29) is 35.5 Å². The van der Waals surface area contributed by atoms with Crippen LogP contribution in [0.15, 0.2) is 70.3 Å². The fourth-order valence-corrected chi connectivity index (χ4v) is 2.94. The van der Waals surface area contributed by atoms with E-state index in [2.05, 4.69) is 6.58 Å². The summed E-state index contributed by atoms with van der Waals surface area (Å²) in [5.74, 6) is -1.86. The predicted molar refractivity (Wildman–Crippen MR) is 130 cm³/mol. The quantitative estimate of drug-likeness (QED) is 0.254. The molecule has 1 atom stereocenters. The smallest absolute Gasteiger partial charge is 0.183 e. The van der Waals surface area contributed by atoms with Gasteiger partial charge in [-0.05, 0) is 61.3 Å². The van der Waals surface area contributed by atoms with Crippen molar-refractivity contribution in [3.8, 4) is 0 Å². The maximum absolute atomic E-state index is 13.0. The van der Waals surface area contributed by atoms with Crippen molar-refractivity contribution in [2.75, 3.05) is 0 Å². The first-order valence-electron chi connectivity index (χ1n) is 10.7. The van der Waals surface area contributed by atoms with Gasteiger partial charge in [0.05, 0.1) is 5.41 Å². The largest absolute Gasteiger partial charge is 0.511 e. The van der Waals surface area contributed by atoms with Crippen LogP contribution in [0.25, 0.3) is 0 Å². The third-order valence-electron chi connectivity index (χ3n) is 4.91. The van der Waals surface area contributed by atoms with Crippen LogP contribution in [0.4, 0.5) is 0 Å². The van der Waals surface area contributed by atoms with E-state index in [1.165, 1.54) is 5.57 Å². The number of ketones is 2. The van der Waals surface area contributed by atoms with E-state index in [1.54, 1.807) is 26.8 Å². The second-order valence-electron chi connectivity index (χ2n) is 9.18. The Hall–Kier alpha value is -2.62. The van der Waals surface area contributed by atoms with Crippen molar-refractivity contribution in [2.24, 2.45) is 11.3 Å². The highest BCUT2D eigenvalue weighted by molar-refractivity contribution is 6.24. The predicted octanol–water partition coefficient (Wildman–Crippen LogP) is 7.28. The van der Waals surface area contributed by atoms with E-state index in [4.69, 9.17) is 0 Å². The summed E-state index contributed by atoms with van der Waals surface area (Å²) in [5, 5.41) is 21.4. The lowest BCUT2D eigenvalue weighted by molar-refractivity contribution is -0.128. The molecule has 0 amide bonds. The van der Waals surface area contributed by atoms with Gasteiger partial charge < -0.3 is 10.2 Å². The Morgan fingerprint density at radius 3 is 1.87 bits per heavy atom. The monoisotopic (exact) mass is 428 g/mol. The molecule has 4 heteroatoms. The fourth-order valence-electron chi connectivity index (χ4n) is 2.94. The highest BCUT2D eigenvalue weighted by Gasteiger charge is 2.47. The second-order valence-corrected chi connectivity index (χ2v) is 9.18. The second kappa shape index (κ2) is 12.3. The number of rotatable bonds is 7. The molecule has 0 spiro atoms. The molecule has 0 fully saturated rings. The van der Waals surface area contributed by atoms with E-state index < -0.39 is 22.9 Å². The van der Waals surface area contributed by atoms with Gasteiger partial charge in [0.15, 0.2) is 11.6 Å². The minimum atomic E-state index is -1.24. The first-order chi connectivity index (χ1) is 14.2. The molecule has 0 aliphatic heterocycles. The van der Waals surface area contributed by atoms with Gasteiger partial charge >= 0.3 is 0 Å². The molecule has 0 aromatic carbocycles. The number of allylic oxidation sites excluding steroid dienone is 10. The Labute approximate surface area is 188 Å². The minimum absolute atomic E-state index is 0.148. The van der Waals surface area contributed by atoms with Crippen LogP contribution in [-0.2, 0) is 9.59 Å². The zero-order valence-electron chi connectivity index (χ0n) is 20.7. The summed E-state index contributed by atoms with van der Waals surface area (Å²) in [7, 11) is 0. The van der Waals surface area contributed by atoms with Crippen molar-refractivity contribution in [3.05, 3.63) is 70.3 Å². The molecular weight excluding hydrogens is 388 g/mol. The fraction of sp³-hybridized carbons (Fsp3) is 0.481. The molecule has 2 N–H and O–H groups in total. The Morgan fingerprint density at radius 2 is 1.52 bits per heavy atom. The van der Waals surface area contributed by atoms with Crippen molar-refractivity contribution in [1.82, 2.24) is 0 Å². The van der Waals surface area contributed by atoms with E-state index >= 15 is 0 Å². The van der Waals surface area contributed by atoms with Crippen LogP contribution in [0.5, 0.6) is 0 Å². The molecule has 0 aromatic rings. The van der Waals surface area contributed by atoms with Crippen LogP contribution in [0.2, 0.25) is 0 Å². The number of Topliss-reactive ketones (excluding diaryl/α,β-unsaturated/α-hetero) is 2. The molecule has 1 rings (SSSR count). The summed E-state index contributed by atoms with van der Waals surface area (Å²) in [4.78, 5) is 25.6. The third-order valence-corrected chi connectivity index (χ3v) is 4.91. The van der Waals surface area contributed by atoms with E-state index in [0.717, 1.165) is 11.1 Å². The maximum atomic E-state index is 13.0. The summed E-state index contributed by atoms with van der Waals surface area (Å²) in [6.07, 6.45) is 8.03. The van der Waals surface area contributed by atoms with Crippen LogP contribution < -0.4 is 0 Å². The molecule has 0 saturated carbocycles. The average molecular weight is 429 g/mol. The van der Waals surface area contributed by atoms with Gasteiger partial charge in [-0.15, -0.1) is 0 Å². The summed E-state index contributed by atoms with van der Waals surface area (Å²) in [6.45, 7) is 20.3. The number of hydrogen-bond donors (Lipinski definition) is 2. The topological polar surface area (TPSA) is 74.6 Å².